The molecule has 3 rings (SSSR count). The van der Waals surface area contributed by atoms with Crippen molar-refractivity contribution in [2.75, 3.05) is 19.6 Å². The minimum absolute atomic E-state index is 0.141. The van der Waals surface area contributed by atoms with Gasteiger partial charge in [0, 0.05) is 32.2 Å². The molecule has 0 bridgehead atoms. The molecule has 0 radical (unpaired) electrons. The first kappa shape index (κ1) is 18.2. The Hall–Kier alpha value is -1.59. The number of carbonyl (C=O) groups excluding carboxylic acids is 1. The van der Waals surface area contributed by atoms with Crippen LogP contribution in [0.3, 0.4) is 0 Å². The van der Waals surface area contributed by atoms with Gasteiger partial charge in [-0.2, -0.15) is 0 Å². The van der Waals surface area contributed by atoms with Crippen LogP contribution in [0.2, 0.25) is 0 Å². The van der Waals surface area contributed by atoms with Crippen molar-refractivity contribution < 1.29 is 9.90 Å². The third-order valence-electron chi connectivity index (χ3n) is 5.69. The maximum atomic E-state index is 12.1. The lowest BCUT2D eigenvalue weighted by molar-refractivity contribution is 0.0498. The number of benzene rings is 1. The number of nitrogens with one attached hydrogen (secondary N) is 2. The van der Waals surface area contributed by atoms with Gasteiger partial charge in [0.25, 0.3) is 0 Å². The van der Waals surface area contributed by atoms with Gasteiger partial charge in [-0.25, -0.2) is 4.79 Å². The fourth-order valence-corrected chi connectivity index (χ4v) is 3.95. The number of likely N-dealkylation sites (tertiary alicyclic amines) is 1. The highest BCUT2D eigenvalue weighted by atomic mass is 16.3. The molecule has 138 valence electrons. The first-order chi connectivity index (χ1) is 12.0. The molecule has 25 heavy (non-hydrogen) atoms. The van der Waals surface area contributed by atoms with E-state index in [1.807, 2.05) is 0 Å². The molecule has 1 saturated heterocycles. The number of carbonyl (C=O) groups is 1. The lowest BCUT2D eigenvalue weighted by Crippen LogP contribution is -2.50. The molecule has 0 aromatic heterocycles. The number of piperidine rings is 1. The third-order valence-corrected chi connectivity index (χ3v) is 5.69. The number of hydrogen-bond donors (Lipinski definition) is 3. The Morgan fingerprint density at radius 1 is 1.24 bits per heavy atom. The highest BCUT2D eigenvalue weighted by molar-refractivity contribution is 5.74. The van der Waals surface area contributed by atoms with Gasteiger partial charge in [0.05, 0.1) is 5.60 Å². The van der Waals surface area contributed by atoms with Crippen LogP contribution in [0, 0.1) is 6.92 Å². The van der Waals surface area contributed by atoms with Crippen LogP contribution in [0.4, 0.5) is 4.79 Å². The molecule has 1 saturated carbocycles. The van der Waals surface area contributed by atoms with E-state index < -0.39 is 5.60 Å². The highest BCUT2D eigenvalue weighted by Gasteiger charge is 2.31. The van der Waals surface area contributed by atoms with Gasteiger partial charge in [0.15, 0.2) is 0 Å². The number of urea groups is 1. The van der Waals surface area contributed by atoms with Gasteiger partial charge in [0.2, 0.25) is 0 Å². The van der Waals surface area contributed by atoms with Crippen molar-refractivity contribution in [2.24, 2.45) is 0 Å². The molecule has 1 aromatic carbocycles. The van der Waals surface area contributed by atoms with Crippen molar-refractivity contribution in [1.29, 1.82) is 0 Å². The van der Waals surface area contributed by atoms with Crippen molar-refractivity contribution in [3.8, 4) is 0 Å². The van der Waals surface area contributed by atoms with Crippen molar-refractivity contribution >= 4 is 6.03 Å². The lowest BCUT2D eigenvalue weighted by atomic mass is 10.0. The Balaban J connectivity index is 1.37. The summed E-state index contributed by atoms with van der Waals surface area (Å²) in [6.07, 6.45) is 5.65. The van der Waals surface area contributed by atoms with E-state index in [0.717, 1.165) is 58.2 Å². The molecule has 2 fully saturated rings. The molecule has 1 aliphatic heterocycles. The normalized spacial score (nSPS) is 21.2. The van der Waals surface area contributed by atoms with Gasteiger partial charge in [-0.05, 0) is 43.7 Å². The minimum Gasteiger partial charge on any atom is -0.388 e. The van der Waals surface area contributed by atoms with E-state index in [1.54, 1.807) is 0 Å². The minimum atomic E-state index is -0.686. The molecule has 5 nitrogen and oxygen atoms in total. The average molecular weight is 345 g/mol. The molecule has 0 spiro atoms. The molecule has 2 aliphatic rings. The topological polar surface area (TPSA) is 64.6 Å². The molecule has 1 aliphatic carbocycles. The van der Waals surface area contributed by atoms with Crippen LogP contribution >= 0.6 is 0 Å². The second kappa shape index (κ2) is 8.19. The van der Waals surface area contributed by atoms with Crippen LogP contribution in [0.15, 0.2) is 24.3 Å². The maximum absolute atomic E-state index is 12.1. The van der Waals surface area contributed by atoms with Crippen molar-refractivity contribution in [3.05, 3.63) is 35.4 Å². The number of amides is 2. The fourth-order valence-electron chi connectivity index (χ4n) is 3.95. The van der Waals surface area contributed by atoms with E-state index in [1.165, 1.54) is 11.1 Å². The zero-order valence-corrected chi connectivity index (χ0v) is 15.3. The monoisotopic (exact) mass is 345 g/mol. The quantitative estimate of drug-likeness (QED) is 0.768. The summed E-state index contributed by atoms with van der Waals surface area (Å²) in [5.74, 6) is 0. The molecule has 0 unspecified atom stereocenters. The SMILES string of the molecule is Cc1ccccc1CN1CCC(NC(=O)NCC2(O)CCCC2)CC1. The molecule has 1 heterocycles. The molecule has 0 atom stereocenters. The molecule has 5 heteroatoms. The van der Waals surface area contributed by atoms with E-state index in [0.29, 0.717) is 6.54 Å². The summed E-state index contributed by atoms with van der Waals surface area (Å²) in [5, 5.41) is 16.2. The van der Waals surface area contributed by atoms with Crippen molar-refractivity contribution in [3.63, 3.8) is 0 Å². The Kier molecular flexibility index (Phi) is 5.97. The van der Waals surface area contributed by atoms with Crippen LogP contribution in [-0.2, 0) is 6.54 Å². The Bertz CT molecular complexity index is 576. The second-order valence-corrected chi connectivity index (χ2v) is 7.74. The van der Waals surface area contributed by atoms with E-state index >= 15 is 0 Å². The summed E-state index contributed by atoms with van der Waals surface area (Å²) >= 11 is 0. The molecular formula is C20H31N3O2. The predicted octanol–water partition coefficient (Wildman–Crippen LogP) is 2.56. The van der Waals surface area contributed by atoms with Crippen LogP contribution < -0.4 is 10.6 Å². The number of aliphatic hydroxyl groups is 1. The van der Waals surface area contributed by atoms with Gasteiger partial charge in [-0.15, -0.1) is 0 Å². The molecule has 1 aromatic rings. The van der Waals surface area contributed by atoms with E-state index in [4.69, 9.17) is 0 Å². The van der Waals surface area contributed by atoms with Crippen LogP contribution in [0.25, 0.3) is 0 Å². The smallest absolute Gasteiger partial charge is 0.315 e. The van der Waals surface area contributed by atoms with Gasteiger partial charge in [-0.1, -0.05) is 37.1 Å². The van der Waals surface area contributed by atoms with Gasteiger partial charge >= 0.3 is 6.03 Å². The number of aryl methyl sites for hydroxylation is 1. The summed E-state index contributed by atoms with van der Waals surface area (Å²) < 4.78 is 0. The van der Waals surface area contributed by atoms with Crippen molar-refractivity contribution in [1.82, 2.24) is 15.5 Å². The van der Waals surface area contributed by atoms with Crippen LogP contribution in [-0.4, -0.2) is 47.3 Å². The summed E-state index contributed by atoms with van der Waals surface area (Å²) in [6.45, 7) is 5.52. The zero-order chi connectivity index (χ0) is 17.7. The predicted molar refractivity (Wildman–Crippen MR) is 99.4 cm³/mol. The Morgan fingerprint density at radius 3 is 2.60 bits per heavy atom. The standard InChI is InChI=1S/C20H31N3O2/c1-16-6-2-3-7-17(16)14-23-12-8-18(9-13-23)22-19(24)21-15-20(25)10-4-5-11-20/h2-3,6-7,18,25H,4-5,8-15H2,1H3,(H2,21,22,24). The summed E-state index contributed by atoms with van der Waals surface area (Å²) in [7, 11) is 0. The largest absolute Gasteiger partial charge is 0.388 e. The third kappa shape index (κ3) is 5.19. The summed E-state index contributed by atoms with van der Waals surface area (Å²) in [6, 6.07) is 8.62. The number of nitrogens with zero attached hydrogens (tertiary/aromatic N) is 1. The second-order valence-electron chi connectivity index (χ2n) is 7.74. The average Bonchev–Trinajstić information content (AvgIpc) is 3.04. The van der Waals surface area contributed by atoms with Crippen LogP contribution in [0.5, 0.6) is 0 Å². The molecule has 2 amide bonds. The van der Waals surface area contributed by atoms with Gasteiger partial charge in [-0.3, -0.25) is 4.90 Å². The van der Waals surface area contributed by atoms with E-state index in [2.05, 4.69) is 46.7 Å². The Morgan fingerprint density at radius 2 is 1.92 bits per heavy atom. The van der Waals surface area contributed by atoms with Gasteiger partial charge < -0.3 is 15.7 Å². The van der Waals surface area contributed by atoms with Crippen LogP contribution in [0.1, 0.15) is 49.7 Å². The fraction of sp³-hybridized carbons (Fsp3) is 0.650. The van der Waals surface area contributed by atoms with E-state index in [-0.39, 0.29) is 12.1 Å². The summed E-state index contributed by atoms with van der Waals surface area (Å²) in [4.78, 5) is 14.5. The first-order valence-corrected chi connectivity index (χ1v) is 9.58. The Labute approximate surface area is 150 Å². The molecule has 3 N–H and O–H groups in total. The van der Waals surface area contributed by atoms with Gasteiger partial charge in [0.1, 0.15) is 0 Å². The van der Waals surface area contributed by atoms with Crippen molar-refractivity contribution in [2.45, 2.75) is 63.6 Å². The highest BCUT2D eigenvalue weighted by Crippen LogP contribution is 2.28. The molecular weight excluding hydrogens is 314 g/mol. The lowest BCUT2D eigenvalue weighted by Gasteiger charge is -2.33. The zero-order valence-electron chi connectivity index (χ0n) is 15.3. The summed E-state index contributed by atoms with van der Waals surface area (Å²) in [5.41, 5.74) is 2.04. The number of hydrogen-bond acceptors (Lipinski definition) is 3. The first-order valence-electron chi connectivity index (χ1n) is 9.58. The number of rotatable bonds is 5. The maximum Gasteiger partial charge on any atom is 0.315 e. The van der Waals surface area contributed by atoms with E-state index in [9.17, 15) is 9.90 Å².